The Hall–Kier alpha value is -1.51. The predicted octanol–water partition coefficient (Wildman–Crippen LogP) is 5.22. The van der Waals surface area contributed by atoms with Crippen LogP contribution >= 0.6 is 23.2 Å². The van der Waals surface area contributed by atoms with Gasteiger partial charge in [0.1, 0.15) is 5.75 Å². The molecule has 19 heavy (non-hydrogen) atoms. The van der Waals surface area contributed by atoms with Crippen LogP contribution < -0.4 is 4.74 Å². The number of aryl methyl sites for hydroxylation is 2. The zero-order valence-electron chi connectivity index (χ0n) is 10.5. The SMILES string of the molecule is Cc1cc(Oc2c(Cl)cccc2C=O)cc(C)c1Cl. The van der Waals surface area contributed by atoms with Crippen LogP contribution in [-0.2, 0) is 0 Å². The molecule has 0 fully saturated rings. The van der Waals surface area contributed by atoms with Crippen molar-refractivity contribution >= 4 is 29.5 Å². The highest BCUT2D eigenvalue weighted by atomic mass is 35.5. The number of benzene rings is 2. The highest BCUT2D eigenvalue weighted by Crippen LogP contribution is 2.34. The van der Waals surface area contributed by atoms with Crippen LogP contribution in [0.1, 0.15) is 21.5 Å². The minimum atomic E-state index is 0.361. The Kier molecular flexibility index (Phi) is 4.13. The van der Waals surface area contributed by atoms with Crippen LogP contribution in [0, 0.1) is 13.8 Å². The molecule has 0 aliphatic rings. The number of carbonyl (C=O) groups excluding carboxylic acids is 1. The van der Waals surface area contributed by atoms with Gasteiger partial charge in [-0.05, 0) is 49.2 Å². The molecular formula is C15H12Cl2O2. The van der Waals surface area contributed by atoms with Crippen LogP contribution in [-0.4, -0.2) is 6.29 Å². The van der Waals surface area contributed by atoms with Crippen LogP contribution in [0.3, 0.4) is 0 Å². The highest BCUT2D eigenvalue weighted by Gasteiger charge is 2.11. The summed E-state index contributed by atoms with van der Waals surface area (Å²) in [6.45, 7) is 3.80. The van der Waals surface area contributed by atoms with Crippen molar-refractivity contribution < 1.29 is 9.53 Å². The second-order valence-corrected chi connectivity index (χ2v) is 5.03. The molecule has 2 rings (SSSR count). The van der Waals surface area contributed by atoms with Gasteiger partial charge in [0.25, 0.3) is 0 Å². The fourth-order valence-corrected chi connectivity index (χ4v) is 2.14. The van der Waals surface area contributed by atoms with Crippen molar-refractivity contribution in [1.82, 2.24) is 0 Å². The molecule has 2 aromatic rings. The van der Waals surface area contributed by atoms with Gasteiger partial charge < -0.3 is 4.74 Å². The van der Waals surface area contributed by atoms with Gasteiger partial charge >= 0.3 is 0 Å². The quantitative estimate of drug-likeness (QED) is 0.726. The second kappa shape index (κ2) is 5.64. The maximum Gasteiger partial charge on any atom is 0.156 e. The van der Waals surface area contributed by atoms with Gasteiger partial charge in [-0.2, -0.15) is 0 Å². The van der Waals surface area contributed by atoms with E-state index in [-0.39, 0.29) is 0 Å². The molecular weight excluding hydrogens is 283 g/mol. The maximum atomic E-state index is 11.0. The molecule has 0 aliphatic carbocycles. The van der Waals surface area contributed by atoms with Crippen LogP contribution in [0.5, 0.6) is 11.5 Å². The molecule has 0 atom stereocenters. The van der Waals surface area contributed by atoms with Gasteiger partial charge in [0.05, 0.1) is 10.6 Å². The maximum absolute atomic E-state index is 11.0. The van der Waals surface area contributed by atoms with E-state index in [0.717, 1.165) is 17.4 Å². The van der Waals surface area contributed by atoms with Gasteiger partial charge in [0.15, 0.2) is 12.0 Å². The minimum Gasteiger partial charge on any atom is -0.455 e. The van der Waals surface area contributed by atoms with E-state index >= 15 is 0 Å². The van der Waals surface area contributed by atoms with Crippen molar-refractivity contribution in [2.24, 2.45) is 0 Å². The standard InChI is InChI=1S/C15H12Cl2O2/c1-9-6-12(7-10(2)14(9)17)19-15-11(8-18)4-3-5-13(15)16/h3-8H,1-2H3. The Bertz CT molecular complexity index is 613. The molecule has 0 unspecified atom stereocenters. The fourth-order valence-electron chi connectivity index (χ4n) is 1.81. The monoisotopic (exact) mass is 294 g/mol. The van der Waals surface area contributed by atoms with Crippen LogP contribution in [0.15, 0.2) is 30.3 Å². The number of hydrogen-bond donors (Lipinski definition) is 0. The Morgan fingerprint density at radius 1 is 1.11 bits per heavy atom. The number of aldehydes is 1. The predicted molar refractivity (Wildman–Crippen MR) is 77.8 cm³/mol. The number of halogens is 2. The summed E-state index contributed by atoms with van der Waals surface area (Å²) in [5.74, 6) is 0.968. The molecule has 0 saturated carbocycles. The number of rotatable bonds is 3. The van der Waals surface area contributed by atoms with Crippen molar-refractivity contribution in [3.8, 4) is 11.5 Å². The van der Waals surface area contributed by atoms with E-state index in [1.165, 1.54) is 0 Å². The van der Waals surface area contributed by atoms with E-state index < -0.39 is 0 Å². The summed E-state index contributed by atoms with van der Waals surface area (Å²) < 4.78 is 5.73. The van der Waals surface area contributed by atoms with E-state index in [1.807, 2.05) is 26.0 Å². The smallest absolute Gasteiger partial charge is 0.156 e. The van der Waals surface area contributed by atoms with E-state index in [2.05, 4.69) is 0 Å². The summed E-state index contributed by atoms with van der Waals surface area (Å²) in [4.78, 5) is 11.0. The van der Waals surface area contributed by atoms with Gasteiger partial charge in [-0.25, -0.2) is 0 Å². The Balaban J connectivity index is 2.44. The van der Waals surface area contributed by atoms with Crippen molar-refractivity contribution in [1.29, 1.82) is 0 Å². The van der Waals surface area contributed by atoms with Crippen molar-refractivity contribution in [3.63, 3.8) is 0 Å². The zero-order valence-corrected chi connectivity index (χ0v) is 12.0. The summed E-state index contributed by atoms with van der Waals surface area (Å²) in [6.07, 6.45) is 0.719. The third kappa shape index (κ3) is 2.91. The molecule has 0 bridgehead atoms. The van der Waals surface area contributed by atoms with E-state index in [9.17, 15) is 4.79 Å². The second-order valence-electron chi connectivity index (χ2n) is 4.25. The first kappa shape index (κ1) is 13.9. The first-order valence-corrected chi connectivity index (χ1v) is 6.47. The Morgan fingerprint density at radius 3 is 2.32 bits per heavy atom. The van der Waals surface area contributed by atoms with E-state index in [4.69, 9.17) is 27.9 Å². The first-order chi connectivity index (χ1) is 9.02. The van der Waals surface area contributed by atoms with Crippen LogP contribution in [0.4, 0.5) is 0 Å². The lowest BCUT2D eigenvalue weighted by atomic mass is 10.1. The van der Waals surface area contributed by atoms with Gasteiger partial charge in [0.2, 0.25) is 0 Å². The van der Waals surface area contributed by atoms with Crippen LogP contribution in [0.25, 0.3) is 0 Å². The summed E-state index contributed by atoms with van der Waals surface area (Å²) >= 11 is 12.2. The third-order valence-electron chi connectivity index (χ3n) is 2.75. The average molecular weight is 295 g/mol. The molecule has 0 heterocycles. The fraction of sp³-hybridized carbons (Fsp3) is 0.133. The molecule has 0 aliphatic heterocycles. The van der Waals surface area contributed by atoms with Gasteiger partial charge in [0, 0.05) is 5.02 Å². The van der Waals surface area contributed by atoms with Gasteiger partial charge in [-0.3, -0.25) is 4.79 Å². The molecule has 4 heteroatoms. The molecule has 0 spiro atoms. The van der Waals surface area contributed by atoms with E-state index in [1.54, 1.807) is 18.2 Å². The summed E-state index contributed by atoms with van der Waals surface area (Å²) in [5, 5.41) is 1.11. The van der Waals surface area contributed by atoms with Gasteiger partial charge in [-0.1, -0.05) is 29.3 Å². The molecule has 0 amide bonds. The normalized spacial score (nSPS) is 10.3. The molecule has 0 radical (unpaired) electrons. The minimum absolute atomic E-state index is 0.361. The molecule has 2 nitrogen and oxygen atoms in total. The molecule has 0 saturated heterocycles. The first-order valence-electron chi connectivity index (χ1n) is 5.71. The number of para-hydroxylation sites is 1. The number of ether oxygens (including phenoxy) is 1. The average Bonchev–Trinajstić information content (AvgIpc) is 2.38. The topological polar surface area (TPSA) is 26.3 Å². The van der Waals surface area contributed by atoms with Crippen molar-refractivity contribution in [2.45, 2.75) is 13.8 Å². The summed E-state index contributed by atoms with van der Waals surface area (Å²) in [7, 11) is 0. The molecule has 98 valence electrons. The lowest BCUT2D eigenvalue weighted by Gasteiger charge is -2.12. The zero-order chi connectivity index (χ0) is 14.0. The van der Waals surface area contributed by atoms with Crippen molar-refractivity contribution in [2.75, 3.05) is 0 Å². The third-order valence-corrected chi connectivity index (χ3v) is 3.65. The highest BCUT2D eigenvalue weighted by molar-refractivity contribution is 6.32. The number of hydrogen-bond acceptors (Lipinski definition) is 2. The number of carbonyl (C=O) groups is 1. The molecule has 2 aromatic carbocycles. The molecule has 0 N–H and O–H groups in total. The molecule has 0 aromatic heterocycles. The van der Waals surface area contributed by atoms with Gasteiger partial charge in [-0.15, -0.1) is 0 Å². The Morgan fingerprint density at radius 2 is 1.74 bits per heavy atom. The van der Waals surface area contributed by atoms with E-state index in [0.29, 0.717) is 27.1 Å². The lowest BCUT2D eigenvalue weighted by molar-refractivity contribution is 0.112. The largest absolute Gasteiger partial charge is 0.455 e. The lowest BCUT2D eigenvalue weighted by Crippen LogP contribution is -1.93. The summed E-state index contributed by atoms with van der Waals surface area (Å²) in [6, 6.07) is 8.67. The van der Waals surface area contributed by atoms with Crippen LogP contribution in [0.2, 0.25) is 10.0 Å². The summed E-state index contributed by atoms with van der Waals surface area (Å²) in [5.41, 5.74) is 2.24. The Labute approximate surface area is 121 Å². The van der Waals surface area contributed by atoms with Crippen molar-refractivity contribution in [3.05, 3.63) is 57.1 Å².